The van der Waals surface area contributed by atoms with Gasteiger partial charge in [-0.15, -0.1) is 0 Å². The summed E-state index contributed by atoms with van der Waals surface area (Å²) in [6.07, 6.45) is 1.12. The molecule has 0 spiro atoms. The number of carboxylic acids is 1. The largest absolute Gasteiger partial charge is 0.478 e. The van der Waals surface area contributed by atoms with Gasteiger partial charge in [-0.05, 0) is 48.9 Å². The molecule has 23 heavy (non-hydrogen) atoms. The second-order valence-corrected chi connectivity index (χ2v) is 6.42. The summed E-state index contributed by atoms with van der Waals surface area (Å²) in [6.45, 7) is 1.91. The van der Waals surface area contributed by atoms with Gasteiger partial charge in [-0.2, -0.15) is 0 Å². The molecule has 0 saturated heterocycles. The minimum Gasteiger partial charge on any atom is -0.478 e. The smallest absolute Gasteiger partial charge is 0.335 e. The highest BCUT2D eigenvalue weighted by Gasteiger charge is 2.12. The van der Waals surface area contributed by atoms with Crippen molar-refractivity contribution >= 4 is 40.9 Å². The lowest BCUT2D eigenvalue weighted by atomic mass is 10.2. The van der Waals surface area contributed by atoms with E-state index in [0.29, 0.717) is 17.1 Å². The number of aromatic carboxylic acids is 1. The third-order valence-electron chi connectivity index (χ3n) is 3.02. The molecule has 1 amide bonds. The van der Waals surface area contributed by atoms with Crippen molar-refractivity contribution in [3.63, 3.8) is 0 Å². The predicted molar refractivity (Wildman–Crippen MR) is 92.5 cm³/mol. The predicted octanol–water partition coefficient (Wildman–Crippen LogP) is 4.93. The first kappa shape index (κ1) is 17.4. The van der Waals surface area contributed by atoms with Crippen LogP contribution in [0, 0.1) is 0 Å². The molecule has 0 aliphatic carbocycles. The van der Waals surface area contributed by atoms with Gasteiger partial charge in [-0.25, -0.2) is 4.79 Å². The molecule has 120 valence electrons. The number of rotatable bonds is 6. The van der Waals surface area contributed by atoms with Gasteiger partial charge in [-0.3, -0.25) is 4.79 Å². The van der Waals surface area contributed by atoms with Crippen LogP contribution >= 0.6 is 23.4 Å². The zero-order valence-electron chi connectivity index (χ0n) is 12.5. The quantitative estimate of drug-likeness (QED) is 0.776. The van der Waals surface area contributed by atoms with Gasteiger partial charge in [0, 0.05) is 21.2 Å². The third kappa shape index (κ3) is 5.01. The van der Waals surface area contributed by atoms with Gasteiger partial charge < -0.3 is 10.4 Å². The van der Waals surface area contributed by atoms with Gasteiger partial charge in [0.1, 0.15) is 0 Å². The molecule has 4 nitrogen and oxygen atoms in total. The summed E-state index contributed by atoms with van der Waals surface area (Å²) in [6, 6.07) is 12.0. The molecule has 2 rings (SSSR count). The van der Waals surface area contributed by atoms with Gasteiger partial charge in [-0.1, -0.05) is 30.3 Å². The monoisotopic (exact) mass is 349 g/mol. The molecule has 0 unspecified atom stereocenters. The zero-order valence-corrected chi connectivity index (χ0v) is 14.1. The van der Waals surface area contributed by atoms with Crippen LogP contribution in [-0.2, 0) is 4.79 Å². The molecule has 0 atom stereocenters. The van der Waals surface area contributed by atoms with Gasteiger partial charge in [0.15, 0.2) is 0 Å². The van der Waals surface area contributed by atoms with Crippen molar-refractivity contribution in [3.8, 4) is 0 Å². The van der Waals surface area contributed by atoms with Crippen molar-refractivity contribution in [2.24, 2.45) is 0 Å². The summed E-state index contributed by atoms with van der Waals surface area (Å²) < 4.78 is 0. The number of carboxylic acid groups (broad SMARTS) is 1. The maximum absolute atomic E-state index is 11.9. The summed E-state index contributed by atoms with van der Waals surface area (Å²) in [7, 11) is 0. The molecule has 2 N–H and O–H groups in total. The van der Waals surface area contributed by atoms with Gasteiger partial charge >= 0.3 is 5.97 Å². The Hall–Kier alpha value is -1.98. The van der Waals surface area contributed by atoms with Crippen LogP contribution in [0.2, 0.25) is 5.02 Å². The molecule has 0 aliphatic rings. The number of amides is 1. The lowest BCUT2D eigenvalue weighted by Gasteiger charge is -2.12. The SMILES string of the molecule is CCCC(=O)Nc1cc(C(=O)O)ccc1Sc1ccc(Cl)cc1. The fraction of sp³-hybridized carbons (Fsp3) is 0.176. The van der Waals surface area contributed by atoms with E-state index in [-0.39, 0.29) is 11.5 Å². The standard InChI is InChI=1S/C17H16ClNO3S/c1-2-3-16(20)19-14-10-11(17(21)22)4-9-15(14)23-13-7-5-12(18)6-8-13/h4-10H,2-3H2,1H3,(H,19,20)(H,21,22). The molecule has 2 aromatic rings. The van der Waals surface area contributed by atoms with E-state index in [9.17, 15) is 9.59 Å². The average molecular weight is 350 g/mol. The van der Waals surface area contributed by atoms with Gasteiger partial charge in [0.2, 0.25) is 5.91 Å². The minimum absolute atomic E-state index is 0.131. The summed E-state index contributed by atoms with van der Waals surface area (Å²) >= 11 is 7.31. The Labute approximate surface area is 143 Å². The van der Waals surface area contributed by atoms with Crippen LogP contribution in [-0.4, -0.2) is 17.0 Å². The number of hydrogen-bond acceptors (Lipinski definition) is 3. The molecule has 0 fully saturated rings. The molecule has 0 aromatic heterocycles. The Morgan fingerprint density at radius 3 is 2.48 bits per heavy atom. The van der Waals surface area contributed by atoms with Crippen molar-refractivity contribution < 1.29 is 14.7 Å². The van der Waals surface area contributed by atoms with Crippen LogP contribution in [0.3, 0.4) is 0 Å². The fourth-order valence-corrected chi connectivity index (χ4v) is 2.93. The highest BCUT2D eigenvalue weighted by molar-refractivity contribution is 7.99. The van der Waals surface area contributed by atoms with Crippen LogP contribution in [0.25, 0.3) is 0 Å². The molecule has 0 aliphatic heterocycles. The van der Waals surface area contributed by atoms with Crippen molar-refractivity contribution in [2.75, 3.05) is 5.32 Å². The van der Waals surface area contributed by atoms with Crippen LogP contribution in [0.15, 0.2) is 52.3 Å². The lowest BCUT2D eigenvalue weighted by molar-refractivity contribution is -0.116. The first-order chi connectivity index (χ1) is 11.0. The fourth-order valence-electron chi connectivity index (χ4n) is 1.92. The molecule has 0 heterocycles. The van der Waals surface area contributed by atoms with E-state index in [0.717, 1.165) is 16.2 Å². The van der Waals surface area contributed by atoms with Crippen molar-refractivity contribution in [1.29, 1.82) is 0 Å². The Balaban J connectivity index is 2.30. The normalized spacial score (nSPS) is 10.3. The first-order valence-corrected chi connectivity index (χ1v) is 8.29. The van der Waals surface area contributed by atoms with Crippen LogP contribution in [0.1, 0.15) is 30.1 Å². The van der Waals surface area contributed by atoms with Crippen LogP contribution in [0.4, 0.5) is 5.69 Å². The second kappa shape index (κ2) is 8.04. The van der Waals surface area contributed by atoms with E-state index in [1.54, 1.807) is 18.2 Å². The minimum atomic E-state index is -1.03. The topological polar surface area (TPSA) is 66.4 Å². The van der Waals surface area contributed by atoms with E-state index in [4.69, 9.17) is 16.7 Å². The number of anilines is 1. The van der Waals surface area contributed by atoms with E-state index >= 15 is 0 Å². The zero-order chi connectivity index (χ0) is 16.8. The van der Waals surface area contributed by atoms with Crippen LogP contribution < -0.4 is 5.32 Å². The maximum Gasteiger partial charge on any atom is 0.335 e. The molecular weight excluding hydrogens is 334 g/mol. The number of carbonyl (C=O) groups is 2. The first-order valence-electron chi connectivity index (χ1n) is 7.10. The molecule has 0 bridgehead atoms. The number of halogens is 1. The lowest BCUT2D eigenvalue weighted by Crippen LogP contribution is -2.12. The molecule has 2 aromatic carbocycles. The highest BCUT2D eigenvalue weighted by Crippen LogP contribution is 2.34. The van der Waals surface area contributed by atoms with E-state index < -0.39 is 5.97 Å². The highest BCUT2D eigenvalue weighted by atomic mass is 35.5. The average Bonchev–Trinajstić information content (AvgIpc) is 2.51. The summed E-state index contributed by atoms with van der Waals surface area (Å²) in [5.41, 5.74) is 0.639. The second-order valence-electron chi connectivity index (χ2n) is 4.87. The third-order valence-corrected chi connectivity index (χ3v) is 4.35. The Morgan fingerprint density at radius 1 is 1.17 bits per heavy atom. The number of carbonyl (C=O) groups excluding carboxylic acids is 1. The molecule has 6 heteroatoms. The maximum atomic E-state index is 11.9. The van der Waals surface area contributed by atoms with Crippen molar-refractivity contribution in [2.45, 2.75) is 29.6 Å². The van der Waals surface area contributed by atoms with Gasteiger partial charge in [0.25, 0.3) is 0 Å². The van der Waals surface area contributed by atoms with E-state index in [1.165, 1.54) is 23.9 Å². The van der Waals surface area contributed by atoms with E-state index in [2.05, 4.69) is 5.32 Å². The Kier molecular flexibility index (Phi) is 6.07. The Bertz CT molecular complexity index is 716. The van der Waals surface area contributed by atoms with Crippen molar-refractivity contribution in [1.82, 2.24) is 0 Å². The van der Waals surface area contributed by atoms with Crippen LogP contribution in [0.5, 0.6) is 0 Å². The summed E-state index contributed by atoms with van der Waals surface area (Å²) in [5.74, 6) is -1.16. The van der Waals surface area contributed by atoms with E-state index in [1.807, 2.05) is 19.1 Å². The number of nitrogens with one attached hydrogen (secondary N) is 1. The van der Waals surface area contributed by atoms with Crippen molar-refractivity contribution in [3.05, 3.63) is 53.1 Å². The van der Waals surface area contributed by atoms with Gasteiger partial charge in [0.05, 0.1) is 11.3 Å². The summed E-state index contributed by atoms with van der Waals surface area (Å²) in [5, 5.41) is 12.6. The summed E-state index contributed by atoms with van der Waals surface area (Å²) in [4.78, 5) is 24.7. The Morgan fingerprint density at radius 2 is 1.87 bits per heavy atom. The molecule has 0 radical (unpaired) electrons. The molecular formula is C17H16ClNO3S. The molecule has 0 saturated carbocycles. The number of hydrogen-bond donors (Lipinski definition) is 2. The number of benzene rings is 2.